The summed E-state index contributed by atoms with van der Waals surface area (Å²) in [5.74, 6) is 0. The van der Waals surface area contributed by atoms with Crippen molar-refractivity contribution in [1.29, 1.82) is 0 Å². The van der Waals surface area contributed by atoms with Crippen LogP contribution in [0, 0.1) is 0 Å². The highest BCUT2D eigenvalue weighted by molar-refractivity contribution is 5.75. The molecule has 0 fully saturated rings. The van der Waals surface area contributed by atoms with Gasteiger partial charge in [-0.2, -0.15) is 0 Å². The highest BCUT2D eigenvalue weighted by atomic mass is 15.0. The van der Waals surface area contributed by atoms with Crippen LogP contribution in [0.15, 0.2) is 0 Å². The van der Waals surface area contributed by atoms with E-state index >= 15 is 0 Å². The van der Waals surface area contributed by atoms with Crippen LogP contribution in [0.2, 0.25) is 0 Å². The van der Waals surface area contributed by atoms with E-state index in [1.165, 1.54) is 17.8 Å². The van der Waals surface area contributed by atoms with Crippen molar-refractivity contribution in [2.45, 2.75) is 26.7 Å². The Kier molecular flexibility index (Phi) is 63.9. The molecule has 0 spiro atoms. The van der Waals surface area contributed by atoms with Gasteiger partial charge in [-0.15, -0.1) is 0 Å². The Labute approximate surface area is 52.1 Å². The molecular weight excluding hydrogens is 101 g/mol. The van der Waals surface area contributed by atoms with Crippen molar-refractivity contribution < 1.29 is 0 Å². The molecular formula is C4H13BN3-. The minimum atomic E-state index is 0. The van der Waals surface area contributed by atoms with Crippen LogP contribution < -0.4 is 0 Å². The Hall–Kier alpha value is -0.625. The standard InChI is InChI=1S/C4H10.BH3.N3/c1-3-4-2;;1-3-2/h3-4H2,1-2H3;1H3;/q;;-1. The number of nitrogens with zero attached hydrogens (tertiary/aromatic N) is 3. The SMILES string of the molecule is B.CCCC.[N-]=[N+]=[N-]. The first-order chi connectivity index (χ1) is 3.33. The molecule has 8 heavy (non-hydrogen) atoms. The summed E-state index contributed by atoms with van der Waals surface area (Å²) in [7, 11) is 0. The Morgan fingerprint density at radius 1 is 1.12 bits per heavy atom. The van der Waals surface area contributed by atoms with E-state index in [9.17, 15) is 0 Å². The van der Waals surface area contributed by atoms with E-state index in [4.69, 9.17) is 11.1 Å². The predicted molar refractivity (Wildman–Crippen MR) is 40.6 cm³/mol. The fourth-order valence-electron chi connectivity index (χ4n) is 0. The van der Waals surface area contributed by atoms with Gasteiger partial charge in [0.05, 0.1) is 8.41 Å². The first kappa shape index (κ1) is 15.7. The second-order valence-electron chi connectivity index (χ2n) is 1.09. The molecule has 3 nitrogen and oxygen atoms in total. The second kappa shape index (κ2) is 32.7. The monoisotopic (exact) mass is 114 g/mol. The van der Waals surface area contributed by atoms with Crippen molar-refractivity contribution in [3.05, 3.63) is 16.0 Å². The van der Waals surface area contributed by atoms with Crippen LogP contribution in [0.4, 0.5) is 0 Å². The van der Waals surface area contributed by atoms with Gasteiger partial charge in [0.1, 0.15) is 0 Å². The van der Waals surface area contributed by atoms with Crippen molar-refractivity contribution in [3.8, 4) is 0 Å². The molecule has 0 heterocycles. The minimum absolute atomic E-state index is 0. The maximum Gasteiger partial charge on any atom is 0.0814 e. The molecule has 0 aromatic carbocycles. The third kappa shape index (κ3) is 732. The van der Waals surface area contributed by atoms with Crippen molar-refractivity contribution in [1.82, 2.24) is 0 Å². The van der Waals surface area contributed by atoms with Crippen LogP contribution in [0.5, 0.6) is 0 Å². The second-order valence-corrected chi connectivity index (χ2v) is 1.09. The van der Waals surface area contributed by atoms with E-state index in [1.54, 1.807) is 0 Å². The molecule has 0 aliphatic carbocycles. The molecule has 0 saturated heterocycles. The molecule has 0 aliphatic rings. The molecule has 0 unspecified atom stereocenters. The van der Waals surface area contributed by atoms with Crippen LogP contribution in [-0.2, 0) is 0 Å². The molecule has 48 valence electrons. The fourth-order valence-corrected chi connectivity index (χ4v) is 0. The van der Waals surface area contributed by atoms with Gasteiger partial charge in [0, 0.05) is 0 Å². The molecule has 0 bridgehead atoms. The number of rotatable bonds is 1. The van der Waals surface area contributed by atoms with E-state index in [1.807, 2.05) is 0 Å². The Morgan fingerprint density at radius 2 is 1.25 bits per heavy atom. The molecule has 0 aromatic heterocycles. The largest absolute Gasteiger partial charge is 0.373 e. The molecule has 0 N–H and O–H groups in total. The lowest BCUT2D eigenvalue weighted by Gasteiger charge is -1.68. The Bertz CT molecular complexity index is 47.2. The molecule has 0 aromatic rings. The lowest BCUT2D eigenvalue weighted by atomic mass is 10.4. The van der Waals surface area contributed by atoms with Crippen LogP contribution in [-0.4, -0.2) is 8.41 Å². The van der Waals surface area contributed by atoms with Gasteiger partial charge in [0.15, 0.2) is 0 Å². The van der Waals surface area contributed by atoms with E-state index in [0.717, 1.165) is 0 Å². The van der Waals surface area contributed by atoms with Gasteiger partial charge in [-0.3, -0.25) is 4.91 Å². The van der Waals surface area contributed by atoms with Crippen molar-refractivity contribution >= 4 is 8.41 Å². The van der Waals surface area contributed by atoms with E-state index < -0.39 is 0 Å². The Balaban J connectivity index is -0.0000000575. The molecule has 0 saturated carbocycles. The van der Waals surface area contributed by atoms with Gasteiger partial charge < -0.3 is 11.1 Å². The lowest BCUT2D eigenvalue weighted by molar-refractivity contribution is 0.886. The van der Waals surface area contributed by atoms with E-state index in [2.05, 4.69) is 13.8 Å². The van der Waals surface area contributed by atoms with Gasteiger partial charge >= 0.3 is 0 Å². The average molecular weight is 114 g/mol. The van der Waals surface area contributed by atoms with Gasteiger partial charge in [-0.1, -0.05) is 26.7 Å². The van der Waals surface area contributed by atoms with Crippen LogP contribution in [0.25, 0.3) is 16.0 Å². The van der Waals surface area contributed by atoms with Gasteiger partial charge in [-0.05, 0) is 0 Å². The third-order valence-electron chi connectivity index (χ3n) is 0.500. The Morgan fingerprint density at radius 3 is 1.25 bits per heavy atom. The zero-order valence-corrected chi connectivity index (χ0v) is 4.76. The summed E-state index contributed by atoms with van der Waals surface area (Å²) in [6, 6.07) is 0. The first-order valence-corrected chi connectivity index (χ1v) is 2.31. The molecule has 0 amide bonds. The van der Waals surface area contributed by atoms with Crippen LogP contribution >= 0.6 is 0 Å². The molecule has 0 atom stereocenters. The zero-order chi connectivity index (χ0) is 6.12. The van der Waals surface area contributed by atoms with E-state index in [0.29, 0.717) is 0 Å². The van der Waals surface area contributed by atoms with Crippen molar-refractivity contribution in [3.63, 3.8) is 0 Å². The minimum Gasteiger partial charge on any atom is -0.373 e. The summed E-state index contributed by atoms with van der Waals surface area (Å²) >= 11 is 0. The quantitative estimate of drug-likeness (QED) is 0.214. The van der Waals surface area contributed by atoms with Gasteiger partial charge in [0.25, 0.3) is 0 Å². The van der Waals surface area contributed by atoms with Crippen LogP contribution in [0.3, 0.4) is 0 Å². The lowest BCUT2D eigenvalue weighted by Crippen LogP contribution is -1.47. The normalized spacial score (nSPS) is 4.75. The topological polar surface area (TPSA) is 58.7 Å². The number of hydrogen-bond donors (Lipinski definition) is 0. The molecule has 0 radical (unpaired) electrons. The molecule has 0 aliphatic heterocycles. The molecule has 4 heteroatoms. The summed E-state index contributed by atoms with van der Waals surface area (Å²) < 4.78 is 0. The summed E-state index contributed by atoms with van der Waals surface area (Å²) in [6.45, 7) is 4.36. The van der Waals surface area contributed by atoms with E-state index in [-0.39, 0.29) is 8.41 Å². The highest BCUT2D eigenvalue weighted by Crippen LogP contribution is 1.76. The average Bonchev–Trinajstić information content (AvgIpc) is 1.69. The van der Waals surface area contributed by atoms with Crippen molar-refractivity contribution in [2.24, 2.45) is 0 Å². The maximum absolute atomic E-state index is 6.75. The van der Waals surface area contributed by atoms with Crippen molar-refractivity contribution in [2.75, 3.05) is 0 Å². The maximum atomic E-state index is 6.75. The van der Waals surface area contributed by atoms with Gasteiger partial charge in [0.2, 0.25) is 0 Å². The number of hydrogen-bond acceptors (Lipinski definition) is 0. The summed E-state index contributed by atoms with van der Waals surface area (Å²) in [5.41, 5.74) is 13.5. The predicted octanol–water partition coefficient (Wildman–Crippen LogP) is 1.49. The zero-order valence-electron chi connectivity index (χ0n) is 4.76. The highest BCUT2D eigenvalue weighted by Gasteiger charge is 1.56. The fraction of sp³-hybridized carbons (Fsp3) is 1.00. The summed E-state index contributed by atoms with van der Waals surface area (Å²) in [6.07, 6.45) is 2.64. The third-order valence-corrected chi connectivity index (χ3v) is 0.500. The molecule has 0 rings (SSSR count). The summed E-state index contributed by atoms with van der Waals surface area (Å²) in [5, 5.41) is 0. The summed E-state index contributed by atoms with van der Waals surface area (Å²) in [4.78, 5) is 1.50. The van der Waals surface area contributed by atoms with Gasteiger partial charge in [-0.25, -0.2) is 0 Å². The smallest absolute Gasteiger partial charge is 0.0814 e. The van der Waals surface area contributed by atoms with Crippen LogP contribution in [0.1, 0.15) is 26.7 Å². The number of unbranched alkanes of at least 4 members (excludes halogenated alkanes) is 1. The first-order valence-electron chi connectivity index (χ1n) is 2.31.